The Morgan fingerprint density at radius 1 is 1.15 bits per heavy atom. The second kappa shape index (κ2) is 5.25. The van der Waals surface area contributed by atoms with Crippen molar-refractivity contribution in [3.63, 3.8) is 0 Å². The largest absolute Gasteiger partial charge is 0.316 e. The van der Waals surface area contributed by atoms with Crippen LogP contribution in [0.4, 0.5) is 0 Å². The predicted molar refractivity (Wildman–Crippen MR) is 58.5 cm³/mol. The summed E-state index contributed by atoms with van der Waals surface area (Å²) >= 11 is 0. The zero-order chi connectivity index (χ0) is 8.23. The zero-order valence-electron chi connectivity index (χ0n) is 7.70. The molecule has 2 heteroatoms. The fourth-order valence-corrected chi connectivity index (χ4v) is 1.86. The third-order valence-electron chi connectivity index (χ3n) is 2.57. The SMILES string of the molecule is Cl.c1ccc(C2CCCNC2)cc1. The van der Waals surface area contributed by atoms with Crippen LogP contribution >= 0.6 is 12.4 Å². The number of hydrogen-bond acceptors (Lipinski definition) is 1. The molecule has 1 aromatic rings. The number of halogens is 1. The van der Waals surface area contributed by atoms with E-state index in [1.165, 1.54) is 24.9 Å². The number of piperidine rings is 1. The molecule has 0 aromatic heterocycles. The van der Waals surface area contributed by atoms with E-state index >= 15 is 0 Å². The molecule has 1 heterocycles. The van der Waals surface area contributed by atoms with E-state index in [1.54, 1.807) is 0 Å². The second-order valence-electron chi connectivity index (χ2n) is 3.45. The van der Waals surface area contributed by atoms with Crippen molar-refractivity contribution in [1.82, 2.24) is 5.32 Å². The molecule has 0 saturated carbocycles. The molecule has 1 unspecified atom stereocenters. The van der Waals surface area contributed by atoms with E-state index in [9.17, 15) is 0 Å². The normalized spacial score (nSPS) is 22.0. The summed E-state index contributed by atoms with van der Waals surface area (Å²) in [6, 6.07) is 10.8. The summed E-state index contributed by atoms with van der Waals surface area (Å²) in [6.07, 6.45) is 2.66. The lowest BCUT2D eigenvalue weighted by atomic mass is 9.92. The predicted octanol–water partition coefficient (Wildman–Crippen LogP) is 2.58. The van der Waals surface area contributed by atoms with Gasteiger partial charge in [0.25, 0.3) is 0 Å². The van der Waals surface area contributed by atoms with Crippen molar-refractivity contribution in [2.75, 3.05) is 13.1 Å². The molecule has 1 nitrogen and oxygen atoms in total. The average molecular weight is 198 g/mol. The third-order valence-corrected chi connectivity index (χ3v) is 2.57. The monoisotopic (exact) mass is 197 g/mol. The molecule has 1 aliphatic heterocycles. The van der Waals surface area contributed by atoms with Crippen molar-refractivity contribution < 1.29 is 0 Å². The van der Waals surface area contributed by atoms with Crippen LogP contribution in [0.1, 0.15) is 24.3 Å². The molecule has 0 bridgehead atoms. The molecule has 1 fully saturated rings. The highest BCUT2D eigenvalue weighted by atomic mass is 35.5. The Kier molecular flexibility index (Phi) is 4.26. The van der Waals surface area contributed by atoms with Gasteiger partial charge >= 0.3 is 0 Å². The van der Waals surface area contributed by atoms with Gasteiger partial charge in [-0.3, -0.25) is 0 Å². The molecule has 72 valence electrons. The van der Waals surface area contributed by atoms with Gasteiger partial charge < -0.3 is 5.32 Å². The van der Waals surface area contributed by atoms with E-state index in [4.69, 9.17) is 0 Å². The van der Waals surface area contributed by atoms with Crippen LogP contribution in [0.15, 0.2) is 30.3 Å². The summed E-state index contributed by atoms with van der Waals surface area (Å²) in [5.74, 6) is 0.750. The Hall–Kier alpha value is -0.530. The summed E-state index contributed by atoms with van der Waals surface area (Å²) in [6.45, 7) is 2.35. The van der Waals surface area contributed by atoms with Crippen molar-refractivity contribution in [2.24, 2.45) is 0 Å². The van der Waals surface area contributed by atoms with Crippen LogP contribution in [0.2, 0.25) is 0 Å². The van der Waals surface area contributed by atoms with Gasteiger partial charge in [0, 0.05) is 6.54 Å². The van der Waals surface area contributed by atoms with Crippen molar-refractivity contribution in [2.45, 2.75) is 18.8 Å². The summed E-state index contributed by atoms with van der Waals surface area (Å²) in [5, 5.41) is 3.43. The van der Waals surface area contributed by atoms with Crippen molar-refractivity contribution in [3.8, 4) is 0 Å². The van der Waals surface area contributed by atoms with Crippen LogP contribution < -0.4 is 5.32 Å². The molecule has 0 amide bonds. The lowest BCUT2D eigenvalue weighted by Crippen LogP contribution is -2.28. The van der Waals surface area contributed by atoms with Crippen LogP contribution in [0.3, 0.4) is 0 Å². The van der Waals surface area contributed by atoms with Crippen LogP contribution in [0, 0.1) is 0 Å². The van der Waals surface area contributed by atoms with E-state index in [0.717, 1.165) is 12.5 Å². The molecule has 0 radical (unpaired) electrons. The summed E-state index contributed by atoms with van der Waals surface area (Å²) in [4.78, 5) is 0. The molecule has 1 atom stereocenters. The van der Waals surface area contributed by atoms with E-state index in [2.05, 4.69) is 35.6 Å². The highest BCUT2D eigenvalue weighted by molar-refractivity contribution is 5.85. The van der Waals surface area contributed by atoms with E-state index in [-0.39, 0.29) is 12.4 Å². The summed E-state index contributed by atoms with van der Waals surface area (Å²) in [5.41, 5.74) is 1.49. The Bertz CT molecular complexity index is 229. The highest BCUT2D eigenvalue weighted by Crippen LogP contribution is 2.22. The van der Waals surface area contributed by atoms with Gasteiger partial charge in [0.2, 0.25) is 0 Å². The number of benzene rings is 1. The Balaban J connectivity index is 0.000000845. The Morgan fingerprint density at radius 2 is 1.92 bits per heavy atom. The minimum absolute atomic E-state index is 0. The fourth-order valence-electron chi connectivity index (χ4n) is 1.86. The van der Waals surface area contributed by atoms with Gasteiger partial charge in [-0.05, 0) is 30.9 Å². The number of nitrogens with one attached hydrogen (secondary N) is 1. The minimum Gasteiger partial charge on any atom is -0.316 e. The van der Waals surface area contributed by atoms with Gasteiger partial charge in [-0.1, -0.05) is 30.3 Å². The first-order valence-electron chi connectivity index (χ1n) is 4.72. The van der Waals surface area contributed by atoms with Crippen LogP contribution in [0.25, 0.3) is 0 Å². The molecule has 1 aliphatic rings. The average Bonchev–Trinajstić information content (AvgIpc) is 2.21. The quantitative estimate of drug-likeness (QED) is 0.730. The van der Waals surface area contributed by atoms with Gasteiger partial charge in [0.15, 0.2) is 0 Å². The fraction of sp³-hybridized carbons (Fsp3) is 0.455. The standard InChI is InChI=1S/C11H15N.ClH/c1-2-5-10(6-3-1)11-7-4-8-12-9-11;/h1-3,5-6,11-12H,4,7-9H2;1H. The van der Waals surface area contributed by atoms with Crippen LogP contribution in [0.5, 0.6) is 0 Å². The maximum Gasteiger partial charge on any atom is 0.00201 e. The Labute approximate surface area is 86.0 Å². The summed E-state index contributed by atoms with van der Waals surface area (Å²) < 4.78 is 0. The molecule has 1 N–H and O–H groups in total. The van der Waals surface area contributed by atoms with Crippen molar-refractivity contribution >= 4 is 12.4 Å². The smallest absolute Gasteiger partial charge is 0.00201 e. The van der Waals surface area contributed by atoms with Crippen LogP contribution in [-0.2, 0) is 0 Å². The molecule has 0 spiro atoms. The molecular weight excluding hydrogens is 182 g/mol. The lowest BCUT2D eigenvalue weighted by Gasteiger charge is -2.22. The lowest BCUT2D eigenvalue weighted by molar-refractivity contribution is 0.461. The molecule has 1 saturated heterocycles. The van der Waals surface area contributed by atoms with Gasteiger partial charge in [0.05, 0.1) is 0 Å². The highest BCUT2D eigenvalue weighted by Gasteiger charge is 2.13. The first-order valence-corrected chi connectivity index (χ1v) is 4.72. The van der Waals surface area contributed by atoms with Crippen molar-refractivity contribution in [3.05, 3.63) is 35.9 Å². The van der Waals surface area contributed by atoms with E-state index in [0.29, 0.717) is 0 Å². The maximum absolute atomic E-state index is 3.43. The van der Waals surface area contributed by atoms with Gasteiger partial charge in [-0.25, -0.2) is 0 Å². The van der Waals surface area contributed by atoms with Gasteiger partial charge in [-0.15, -0.1) is 12.4 Å². The molecule has 1 aromatic carbocycles. The second-order valence-corrected chi connectivity index (χ2v) is 3.45. The minimum atomic E-state index is 0. The van der Waals surface area contributed by atoms with Gasteiger partial charge in [0.1, 0.15) is 0 Å². The van der Waals surface area contributed by atoms with Crippen molar-refractivity contribution in [1.29, 1.82) is 0 Å². The molecule has 0 aliphatic carbocycles. The van der Waals surface area contributed by atoms with Crippen LogP contribution in [-0.4, -0.2) is 13.1 Å². The molecule has 2 rings (SSSR count). The van der Waals surface area contributed by atoms with E-state index in [1.807, 2.05) is 0 Å². The maximum atomic E-state index is 3.43. The number of hydrogen-bond donors (Lipinski definition) is 1. The molecular formula is C11H16ClN. The third kappa shape index (κ3) is 2.71. The zero-order valence-corrected chi connectivity index (χ0v) is 8.52. The summed E-state index contributed by atoms with van der Waals surface area (Å²) in [7, 11) is 0. The first kappa shape index (κ1) is 10.6. The Morgan fingerprint density at radius 3 is 2.54 bits per heavy atom. The van der Waals surface area contributed by atoms with E-state index < -0.39 is 0 Å². The first-order chi connectivity index (χ1) is 5.97. The molecule has 13 heavy (non-hydrogen) atoms. The number of rotatable bonds is 1. The topological polar surface area (TPSA) is 12.0 Å². The van der Waals surface area contributed by atoms with Gasteiger partial charge in [-0.2, -0.15) is 0 Å².